The van der Waals surface area contributed by atoms with Crippen LogP contribution < -0.4 is 0 Å². The van der Waals surface area contributed by atoms with Crippen LogP contribution in [0.1, 0.15) is 52.0 Å². The van der Waals surface area contributed by atoms with Crippen molar-refractivity contribution in [3.05, 3.63) is 34.9 Å². The van der Waals surface area contributed by atoms with E-state index < -0.39 is 0 Å². The van der Waals surface area contributed by atoms with Crippen LogP contribution >= 0.6 is 0 Å². The summed E-state index contributed by atoms with van der Waals surface area (Å²) in [6.45, 7) is 3.75. The van der Waals surface area contributed by atoms with Crippen molar-refractivity contribution in [1.29, 1.82) is 0 Å². The Hall–Kier alpha value is -2.25. The van der Waals surface area contributed by atoms with E-state index in [2.05, 4.69) is 0 Å². The molecular weight excluding hydrogens is 348 g/mol. The molecule has 2 saturated heterocycles. The van der Waals surface area contributed by atoms with Gasteiger partial charge in [-0.05, 0) is 38.3 Å². The molecule has 3 amide bonds. The van der Waals surface area contributed by atoms with Gasteiger partial charge in [0, 0.05) is 19.5 Å². The molecule has 0 bridgehead atoms. The van der Waals surface area contributed by atoms with E-state index in [1.54, 1.807) is 12.1 Å². The van der Waals surface area contributed by atoms with E-state index in [0.717, 1.165) is 24.8 Å². The van der Waals surface area contributed by atoms with Gasteiger partial charge < -0.3 is 14.4 Å². The van der Waals surface area contributed by atoms with Crippen molar-refractivity contribution in [2.75, 3.05) is 26.3 Å². The lowest BCUT2D eigenvalue weighted by molar-refractivity contribution is -0.150. The summed E-state index contributed by atoms with van der Waals surface area (Å²) >= 11 is 0. The molecule has 3 heterocycles. The van der Waals surface area contributed by atoms with Crippen LogP contribution in [0.25, 0.3) is 0 Å². The molecule has 0 saturated carbocycles. The SMILES string of the molecule is Cc1ccc2c(c1)C(=O)N(CCC(=O)N1CCCCC1C1OCCO1)C2=O. The van der Waals surface area contributed by atoms with Crippen LogP contribution in [0.3, 0.4) is 0 Å². The fourth-order valence-electron chi connectivity index (χ4n) is 4.11. The lowest BCUT2D eigenvalue weighted by atomic mass is 10.0. The summed E-state index contributed by atoms with van der Waals surface area (Å²) in [5.41, 5.74) is 1.78. The maximum absolute atomic E-state index is 12.8. The number of nitrogens with zero attached hydrogens (tertiary/aromatic N) is 2. The number of imide groups is 1. The average Bonchev–Trinajstić information content (AvgIpc) is 3.28. The van der Waals surface area contributed by atoms with Gasteiger partial charge in [-0.15, -0.1) is 0 Å². The predicted octanol–water partition coefficient (Wildman–Crippen LogP) is 1.74. The first-order chi connectivity index (χ1) is 13.1. The summed E-state index contributed by atoms with van der Waals surface area (Å²) in [4.78, 5) is 40.9. The third-order valence-electron chi connectivity index (χ3n) is 5.51. The number of piperidine rings is 1. The molecule has 0 radical (unpaired) electrons. The second kappa shape index (κ2) is 7.40. The zero-order valence-electron chi connectivity index (χ0n) is 15.5. The van der Waals surface area contributed by atoms with E-state index in [0.29, 0.717) is 30.9 Å². The van der Waals surface area contributed by atoms with Gasteiger partial charge in [0.1, 0.15) is 0 Å². The van der Waals surface area contributed by atoms with Gasteiger partial charge in [-0.25, -0.2) is 0 Å². The summed E-state index contributed by atoms with van der Waals surface area (Å²) in [6.07, 6.45) is 2.59. The van der Waals surface area contributed by atoms with Crippen molar-refractivity contribution >= 4 is 17.7 Å². The Morgan fingerprint density at radius 1 is 1.11 bits per heavy atom. The summed E-state index contributed by atoms with van der Waals surface area (Å²) < 4.78 is 11.2. The third-order valence-corrected chi connectivity index (χ3v) is 5.51. The number of benzene rings is 1. The van der Waals surface area contributed by atoms with Crippen molar-refractivity contribution in [1.82, 2.24) is 9.80 Å². The van der Waals surface area contributed by atoms with E-state index in [-0.39, 0.29) is 43.0 Å². The molecule has 3 aliphatic heterocycles. The minimum absolute atomic E-state index is 0.0634. The van der Waals surface area contributed by atoms with E-state index in [1.165, 1.54) is 4.90 Å². The predicted molar refractivity (Wildman–Crippen MR) is 96.2 cm³/mol. The van der Waals surface area contributed by atoms with Gasteiger partial charge >= 0.3 is 0 Å². The molecule has 3 aliphatic rings. The topological polar surface area (TPSA) is 76.2 Å². The lowest BCUT2D eigenvalue weighted by Crippen LogP contribution is -2.50. The van der Waals surface area contributed by atoms with Crippen LogP contribution in [-0.2, 0) is 14.3 Å². The molecule has 1 atom stereocenters. The first-order valence-corrected chi connectivity index (χ1v) is 9.56. The van der Waals surface area contributed by atoms with Gasteiger partial charge in [-0.2, -0.15) is 0 Å². The van der Waals surface area contributed by atoms with Crippen LogP contribution in [0.4, 0.5) is 0 Å². The Balaban J connectivity index is 1.41. The zero-order chi connectivity index (χ0) is 19.0. The quantitative estimate of drug-likeness (QED) is 0.753. The highest BCUT2D eigenvalue weighted by Crippen LogP contribution is 2.27. The molecule has 7 heteroatoms. The third kappa shape index (κ3) is 3.37. The first kappa shape index (κ1) is 18.1. The molecular formula is C20H24N2O5. The van der Waals surface area contributed by atoms with E-state index >= 15 is 0 Å². The average molecular weight is 372 g/mol. The molecule has 1 aromatic rings. The summed E-state index contributed by atoms with van der Waals surface area (Å²) in [6, 6.07) is 5.15. The lowest BCUT2D eigenvalue weighted by Gasteiger charge is -2.38. The van der Waals surface area contributed by atoms with Crippen molar-refractivity contribution < 1.29 is 23.9 Å². The van der Waals surface area contributed by atoms with Crippen LogP contribution in [0.2, 0.25) is 0 Å². The number of hydrogen-bond acceptors (Lipinski definition) is 5. The maximum atomic E-state index is 12.8. The monoisotopic (exact) mass is 372 g/mol. The number of hydrogen-bond donors (Lipinski definition) is 0. The Morgan fingerprint density at radius 2 is 1.85 bits per heavy atom. The van der Waals surface area contributed by atoms with E-state index in [9.17, 15) is 14.4 Å². The number of rotatable bonds is 4. The van der Waals surface area contributed by atoms with Gasteiger partial charge in [0.15, 0.2) is 6.29 Å². The van der Waals surface area contributed by atoms with Gasteiger partial charge in [-0.1, -0.05) is 11.6 Å². The highest BCUT2D eigenvalue weighted by Gasteiger charge is 2.38. The highest BCUT2D eigenvalue weighted by atomic mass is 16.7. The molecule has 1 unspecified atom stereocenters. The Morgan fingerprint density at radius 3 is 2.63 bits per heavy atom. The minimum atomic E-state index is -0.364. The van der Waals surface area contributed by atoms with Crippen molar-refractivity contribution in [2.45, 2.75) is 44.9 Å². The molecule has 2 fully saturated rings. The number of ether oxygens (including phenoxy) is 2. The highest BCUT2D eigenvalue weighted by molar-refractivity contribution is 6.21. The number of aryl methyl sites for hydroxylation is 1. The fraction of sp³-hybridized carbons (Fsp3) is 0.550. The Labute approximate surface area is 158 Å². The number of likely N-dealkylation sites (tertiary alicyclic amines) is 1. The number of carbonyl (C=O) groups is 3. The molecule has 1 aromatic carbocycles. The molecule has 0 aliphatic carbocycles. The second-order valence-corrected chi connectivity index (χ2v) is 7.32. The number of fused-ring (bicyclic) bond motifs is 1. The van der Waals surface area contributed by atoms with Crippen molar-refractivity contribution in [2.24, 2.45) is 0 Å². The van der Waals surface area contributed by atoms with Gasteiger partial charge in [0.2, 0.25) is 5.91 Å². The van der Waals surface area contributed by atoms with Crippen molar-refractivity contribution in [3.8, 4) is 0 Å². The standard InChI is InChI=1S/C20H24N2O5/c1-13-5-6-14-15(12-13)19(25)22(18(14)24)9-7-17(23)21-8-3-2-4-16(21)20-26-10-11-27-20/h5-6,12,16,20H,2-4,7-11H2,1H3. The van der Waals surface area contributed by atoms with Gasteiger partial charge in [0.25, 0.3) is 11.8 Å². The van der Waals surface area contributed by atoms with Gasteiger partial charge in [-0.3, -0.25) is 19.3 Å². The van der Waals surface area contributed by atoms with Crippen molar-refractivity contribution in [3.63, 3.8) is 0 Å². The normalized spacial score (nSPS) is 23.2. The van der Waals surface area contributed by atoms with Crippen LogP contribution in [0.15, 0.2) is 18.2 Å². The van der Waals surface area contributed by atoms with E-state index in [1.807, 2.05) is 17.9 Å². The largest absolute Gasteiger partial charge is 0.348 e. The Kier molecular flexibility index (Phi) is 4.97. The van der Waals surface area contributed by atoms with Crippen LogP contribution in [0.5, 0.6) is 0 Å². The molecule has 4 rings (SSSR count). The van der Waals surface area contributed by atoms with E-state index in [4.69, 9.17) is 9.47 Å². The summed E-state index contributed by atoms with van der Waals surface area (Å²) in [7, 11) is 0. The maximum Gasteiger partial charge on any atom is 0.261 e. The zero-order valence-corrected chi connectivity index (χ0v) is 15.5. The van der Waals surface area contributed by atoms with Crippen LogP contribution in [-0.4, -0.2) is 66.2 Å². The molecule has 27 heavy (non-hydrogen) atoms. The first-order valence-electron chi connectivity index (χ1n) is 9.56. The summed E-state index contributed by atoms with van der Waals surface area (Å²) in [5, 5.41) is 0. The van der Waals surface area contributed by atoms with Gasteiger partial charge in [0.05, 0.1) is 30.4 Å². The molecule has 7 nitrogen and oxygen atoms in total. The Bertz CT molecular complexity index is 772. The number of amides is 3. The number of carbonyl (C=O) groups excluding carboxylic acids is 3. The fourth-order valence-corrected chi connectivity index (χ4v) is 4.11. The second-order valence-electron chi connectivity index (χ2n) is 7.32. The smallest absolute Gasteiger partial charge is 0.261 e. The molecule has 144 valence electrons. The minimum Gasteiger partial charge on any atom is -0.348 e. The summed E-state index contributed by atoms with van der Waals surface area (Å²) in [5.74, 6) is -0.698. The molecule has 0 spiro atoms. The van der Waals surface area contributed by atoms with Crippen LogP contribution in [0, 0.1) is 6.92 Å². The molecule has 0 N–H and O–H groups in total. The molecule has 0 aromatic heterocycles.